The molecule has 1 aliphatic carbocycles. The van der Waals surface area contributed by atoms with Crippen LogP contribution in [0.4, 0.5) is 0 Å². The van der Waals surface area contributed by atoms with Crippen molar-refractivity contribution in [1.82, 2.24) is 5.43 Å². The van der Waals surface area contributed by atoms with Crippen molar-refractivity contribution in [2.24, 2.45) is 5.84 Å². The Morgan fingerprint density at radius 2 is 1.95 bits per heavy atom. The summed E-state index contributed by atoms with van der Waals surface area (Å²) in [6, 6.07) is 12.8. The normalized spacial score (nSPS) is 15.0. The third-order valence-corrected chi connectivity index (χ3v) is 5.01. The van der Waals surface area contributed by atoms with E-state index in [1.165, 1.54) is 36.0 Å². The number of benzene rings is 2. The molecule has 1 atom stereocenters. The Bertz CT molecular complexity index is 657. The van der Waals surface area contributed by atoms with Gasteiger partial charge in [-0.2, -0.15) is 0 Å². The van der Waals surface area contributed by atoms with Crippen molar-refractivity contribution in [3.8, 4) is 0 Å². The quantitative estimate of drug-likeness (QED) is 0.625. The van der Waals surface area contributed by atoms with Crippen LogP contribution in [0.1, 0.15) is 34.7 Å². The maximum atomic E-state index is 6.31. The average molecular weight is 366 g/mol. The second-order valence-electron chi connectivity index (χ2n) is 5.54. The van der Waals surface area contributed by atoms with Crippen LogP contribution in [0.3, 0.4) is 0 Å². The van der Waals surface area contributed by atoms with Crippen LogP contribution in [0.25, 0.3) is 0 Å². The second-order valence-corrected chi connectivity index (χ2v) is 6.86. The van der Waals surface area contributed by atoms with Gasteiger partial charge in [-0.1, -0.05) is 51.8 Å². The first-order valence-corrected chi connectivity index (χ1v) is 8.36. The first kappa shape index (κ1) is 15.0. The Morgan fingerprint density at radius 1 is 1.14 bits per heavy atom. The number of rotatable bonds is 4. The molecule has 0 spiro atoms. The summed E-state index contributed by atoms with van der Waals surface area (Å²) < 4.78 is 0.992. The van der Waals surface area contributed by atoms with E-state index in [1.807, 2.05) is 18.2 Å². The third kappa shape index (κ3) is 3.32. The van der Waals surface area contributed by atoms with E-state index in [2.05, 4.69) is 39.6 Å². The van der Waals surface area contributed by atoms with Gasteiger partial charge in [0.05, 0.1) is 6.04 Å². The molecule has 2 aromatic rings. The maximum Gasteiger partial charge on any atom is 0.0500 e. The molecule has 0 saturated heterocycles. The summed E-state index contributed by atoms with van der Waals surface area (Å²) in [6.45, 7) is 0. The molecule has 110 valence electrons. The van der Waals surface area contributed by atoms with Gasteiger partial charge < -0.3 is 0 Å². The van der Waals surface area contributed by atoms with Gasteiger partial charge in [0, 0.05) is 9.50 Å². The molecule has 0 saturated carbocycles. The molecular formula is C17H18BrClN2. The largest absolute Gasteiger partial charge is 0.271 e. The van der Waals surface area contributed by atoms with Crippen LogP contribution in [0, 0.1) is 0 Å². The number of hydrazine groups is 1. The predicted molar refractivity (Wildman–Crippen MR) is 91.4 cm³/mol. The van der Waals surface area contributed by atoms with Crippen LogP contribution < -0.4 is 11.3 Å². The molecule has 0 aromatic heterocycles. The fraction of sp³-hybridized carbons (Fsp3) is 0.294. The summed E-state index contributed by atoms with van der Waals surface area (Å²) in [5.41, 5.74) is 8.21. The Kier molecular flexibility index (Phi) is 4.65. The Hall–Kier alpha value is -0.870. The zero-order valence-electron chi connectivity index (χ0n) is 11.7. The minimum atomic E-state index is 0.0783. The average Bonchev–Trinajstić information content (AvgIpc) is 2.94. The molecule has 21 heavy (non-hydrogen) atoms. The first-order chi connectivity index (χ1) is 10.2. The van der Waals surface area contributed by atoms with E-state index < -0.39 is 0 Å². The van der Waals surface area contributed by atoms with Crippen molar-refractivity contribution < 1.29 is 0 Å². The van der Waals surface area contributed by atoms with E-state index in [0.717, 1.165) is 21.5 Å². The Morgan fingerprint density at radius 3 is 2.71 bits per heavy atom. The van der Waals surface area contributed by atoms with Gasteiger partial charge >= 0.3 is 0 Å². The molecular weight excluding hydrogens is 348 g/mol. The summed E-state index contributed by atoms with van der Waals surface area (Å²) >= 11 is 9.75. The predicted octanol–water partition coefficient (Wildman–Crippen LogP) is 4.34. The lowest BCUT2D eigenvalue weighted by Crippen LogP contribution is -2.29. The van der Waals surface area contributed by atoms with E-state index in [4.69, 9.17) is 17.4 Å². The van der Waals surface area contributed by atoms with E-state index in [0.29, 0.717) is 0 Å². The summed E-state index contributed by atoms with van der Waals surface area (Å²) in [6.07, 6.45) is 4.42. The smallest absolute Gasteiger partial charge is 0.0500 e. The van der Waals surface area contributed by atoms with E-state index >= 15 is 0 Å². The molecule has 3 N–H and O–H groups in total. The Balaban J connectivity index is 1.85. The minimum Gasteiger partial charge on any atom is -0.271 e. The lowest BCUT2D eigenvalue weighted by Gasteiger charge is -2.18. The molecule has 4 heteroatoms. The molecule has 0 heterocycles. The number of nitrogens with two attached hydrogens (primary N) is 1. The lowest BCUT2D eigenvalue weighted by molar-refractivity contribution is 0.551. The number of hydrogen-bond acceptors (Lipinski definition) is 2. The SMILES string of the molecule is NNC(Cc1ccc(Br)cc1Cl)c1ccc2c(c1)CCC2. The zero-order valence-corrected chi connectivity index (χ0v) is 14.0. The molecule has 3 rings (SSSR count). The zero-order chi connectivity index (χ0) is 14.8. The van der Waals surface area contributed by atoms with E-state index in [1.54, 1.807) is 0 Å². The summed E-state index contributed by atoms with van der Waals surface area (Å²) in [7, 11) is 0. The standard InChI is InChI=1S/C17H18BrClN2/c18-15-7-6-13(16(19)10-15)9-17(21-20)14-5-4-11-2-1-3-12(11)8-14/h4-8,10,17,21H,1-3,9,20H2. The van der Waals surface area contributed by atoms with Crippen molar-refractivity contribution in [2.45, 2.75) is 31.7 Å². The molecule has 0 fully saturated rings. The van der Waals surface area contributed by atoms with Crippen LogP contribution in [0.2, 0.25) is 5.02 Å². The molecule has 0 bridgehead atoms. The number of fused-ring (bicyclic) bond motifs is 1. The molecule has 1 aliphatic rings. The second kappa shape index (κ2) is 6.49. The molecule has 0 amide bonds. The monoisotopic (exact) mass is 364 g/mol. The summed E-state index contributed by atoms with van der Waals surface area (Å²) in [4.78, 5) is 0. The van der Waals surface area contributed by atoms with Gasteiger partial charge in [0.2, 0.25) is 0 Å². The third-order valence-electron chi connectivity index (χ3n) is 4.17. The van der Waals surface area contributed by atoms with Crippen molar-refractivity contribution in [1.29, 1.82) is 0 Å². The molecule has 2 aromatic carbocycles. The van der Waals surface area contributed by atoms with Crippen molar-refractivity contribution in [3.63, 3.8) is 0 Å². The minimum absolute atomic E-state index is 0.0783. The highest BCUT2D eigenvalue weighted by Gasteiger charge is 2.16. The number of nitrogens with one attached hydrogen (secondary N) is 1. The van der Waals surface area contributed by atoms with Gasteiger partial charge in [0.15, 0.2) is 0 Å². The van der Waals surface area contributed by atoms with E-state index in [9.17, 15) is 0 Å². The van der Waals surface area contributed by atoms with Crippen molar-refractivity contribution in [2.75, 3.05) is 0 Å². The van der Waals surface area contributed by atoms with Crippen LogP contribution in [0.15, 0.2) is 40.9 Å². The van der Waals surface area contributed by atoms with Gasteiger partial charge in [-0.05, 0) is 60.1 Å². The van der Waals surface area contributed by atoms with Crippen molar-refractivity contribution >= 4 is 27.5 Å². The maximum absolute atomic E-state index is 6.31. The van der Waals surface area contributed by atoms with Gasteiger partial charge in [-0.3, -0.25) is 11.3 Å². The fourth-order valence-corrected chi connectivity index (χ4v) is 3.74. The number of aryl methyl sites for hydroxylation is 2. The first-order valence-electron chi connectivity index (χ1n) is 7.19. The number of hydrogen-bond donors (Lipinski definition) is 2. The topological polar surface area (TPSA) is 38.0 Å². The highest BCUT2D eigenvalue weighted by Crippen LogP contribution is 2.29. The van der Waals surface area contributed by atoms with E-state index in [-0.39, 0.29) is 6.04 Å². The van der Waals surface area contributed by atoms with Crippen molar-refractivity contribution in [3.05, 3.63) is 68.1 Å². The fourth-order valence-electron chi connectivity index (χ4n) is 2.99. The molecule has 0 radical (unpaired) electrons. The highest BCUT2D eigenvalue weighted by atomic mass is 79.9. The van der Waals surface area contributed by atoms with Gasteiger partial charge in [0.25, 0.3) is 0 Å². The number of halogens is 2. The molecule has 1 unspecified atom stereocenters. The van der Waals surface area contributed by atoms with Gasteiger partial charge in [-0.25, -0.2) is 0 Å². The summed E-state index contributed by atoms with van der Waals surface area (Å²) in [5.74, 6) is 5.78. The molecule has 2 nitrogen and oxygen atoms in total. The molecule has 0 aliphatic heterocycles. The highest BCUT2D eigenvalue weighted by molar-refractivity contribution is 9.10. The van der Waals surface area contributed by atoms with Crippen LogP contribution in [-0.2, 0) is 19.3 Å². The van der Waals surface area contributed by atoms with Gasteiger partial charge in [-0.15, -0.1) is 0 Å². The van der Waals surface area contributed by atoms with Crippen LogP contribution >= 0.6 is 27.5 Å². The summed E-state index contributed by atoms with van der Waals surface area (Å²) in [5, 5.41) is 0.769. The lowest BCUT2D eigenvalue weighted by atomic mass is 9.96. The Labute approximate surface area is 138 Å². The van der Waals surface area contributed by atoms with Crippen LogP contribution in [0.5, 0.6) is 0 Å². The van der Waals surface area contributed by atoms with Crippen LogP contribution in [-0.4, -0.2) is 0 Å². The van der Waals surface area contributed by atoms with Gasteiger partial charge in [0.1, 0.15) is 0 Å².